The van der Waals surface area contributed by atoms with Gasteiger partial charge >= 0.3 is 0 Å². The summed E-state index contributed by atoms with van der Waals surface area (Å²) in [5.74, 6) is 0. The number of aliphatic hydroxyl groups is 2. The fourth-order valence-electron chi connectivity index (χ4n) is 0.723. The van der Waals surface area contributed by atoms with Crippen LogP contribution in [0.2, 0.25) is 0 Å². The van der Waals surface area contributed by atoms with Gasteiger partial charge in [0.2, 0.25) is 0 Å². The minimum Gasteiger partial charge on any atom is -0.394 e. The van der Waals surface area contributed by atoms with E-state index in [2.05, 4.69) is 0 Å². The molecular formula is C5H8ClO3. The summed E-state index contributed by atoms with van der Waals surface area (Å²) in [6, 6.07) is 0. The number of ether oxygens (including phenoxy) is 1. The first-order valence-corrected chi connectivity index (χ1v) is 3.11. The lowest BCUT2D eigenvalue weighted by molar-refractivity contribution is -0.00343. The summed E-state index contributed by atoms with van der Waals surface area (Å²) in [7, 11) is 0. The second-order valence-electron chi connectivity index (χ2n) is 1.89. The number of rotatable bonds is 1. The number of aliphatic hydroxyl groups excluding tert-OH is 2. The Morgan fingerprint density at radius 2 is 2.33 bits per heavy atom. The number of alkyl halides is 1. The lowest BCUT2D eigenvalue weighted by Gasteiger charge is -2.07. The van der Waals surface area contributed by atoms with Crippen LogP contribution in [0.1, 0.15) is 0 Å². The van der Waals surface area contributed by atoms with E-state index in [0.29, 0.717) is 0 Å². The molecule has 53 valence electrons. The van der Waals surface area contributed by atoms with Crippen LogP contribution in [-0.2, 0) is 4.74 Å². The van der Waals surface area contributed by atoms with Crippen LogP contribution in [0.4, 0.5) is 0 Å². The van der Waals surface area contributed by atoms with Gasteiger partial charge in [0.15, 0.2) is 0 Å². The lowest BCUT2D eigenvalue weighted by Crippen LogP contribution is -2.24. The van der Waals surface area contributed by atoms with Crippen molar-refractivity contribution in [2.45, 2.75) is 17.8 Å². The lowest BCUT2D eigenvalue weighted by atomic mass is 10.2. The Bertz CT molecular complexity index is 98.2. The highest BCUT2D eigenvalue weighted by atomic mass is 35.5. The third-order valence-electron chi connectivity index (χ3n) is 1.21. The fourth-order valence-corrected chi connectivity index (χ4v) is 1.00. The van der Waals surface area contributed by atoms with E-state index < -0.39 is 17.8 Å². The first-order valence-electron chi connectivity index (χ1n) is 2.67. The molecule has 1 fully saturated rings. The Balaban J connectivity index is 2.38. The summed E-state index contributed by atoms with van der Waals surface area (Å²) in [6.45, 7) is -0.194. The van der Waals surface area contributed by atoms with E-state index in [4.69, 9.17) is 26.6 Å². The fraction of sp³-hybridized carbons (Fsp3) is 0.800. The Kier molecular flexibility index (Phi) is 2.29. The molecule has 2 N–H and O–H groups in total. The van der Waals surface area contributed by atoms with Crippen LogP contribution in [0.5, 0.6) is 0 Å². The zero-order valence-corrected chi connectivity index (χ0v) is 5.45. The SMILES string of the molecule is OC[C@H]1OC(Cl)[CH][C@@H]1O. The van der Waals surface area contributed by atoms with Crippen LogP contribution in [0.15, 0.2) is 0 Å². The highest BCUT2D eigenvalue weighted by Gasteiger charge is 2.32. The van der Waals surface area contributed by atoms with Gasteiger partial charge in [-0.3, -0.25) is 0 Å². The molecule has 0 aliphatic carbocycles. The highest BCUT2D eigenvalue weighted by molar-refractivity contribution is 6.20. The van der Waals surface area contributed by atoms with E-state index >= 15 is 0 Å². The minimum atomic E-state index is -0.725. The zero-order valence-electron chi connectivity index (χ0n) is 4.70. The van der Waals surface area contributed by atoms with Crippen molar-refractivity contribution in [1.82, 2.24) is 0 Å². The summed E-state index contributed by atoms with van der Waals surface area (Å²) >= 11 is 5.43. The van der Waals surface area contributed by atoms with Gasteiger partial charge in [-0.25, -0.2) is 0 Å². The molecule has 0 aromatic heterocycles. The van der Waals surface area contributed by atoms with Gasteiger partial charge in [-0.05, 0) is 0 Å². The average molecular weight is 152 g/mol. The number of halogens is 1. The summed E-state index contributed by atoms with van der Waals surface area (Å²) in [4.78, 5) is 0. The van der Waals surface area contributed by atoms with Gasteiger partial charge in [0.25, 0.3) is 0 Å². The van der Waals surface area contributed by atoms with E-state index in [0.717, 1.165) is 0 Å². The molecule has 1 heterocycles. The third-order valence-corrected chi connectivity index (χ3v) is 1.46. The molecule has 9 heavy (non-hydrogen) atoms. The predicted molar refractivity (Wildman–Crippen MR) is 31.9 cm³/mol. The smallest absolute Gasteiger partial charge is 0.137 e. The first kappa shape index (κ1) is 7.28. The van der Waals surface area contributed by atoms with E-state index in [9.17, 15) is 0 Å². The van der Waals surface area contributed by atoms with Crippen LogP contribution in [0.3, 0.4) is 0 Å². The van der Waals surface area contributed by atoms with Gasteiger partial charge in [-0.15, -0.1) is 0 Å². The van der Waals surface area contributed by atoms with Crippen molar-refractivity contribution >= 4 is 11.6 Å². The summed E-state index contributed by atoms with van der Waals surface area (Å²) in [5, 5.41) is 17.4. The molecular weight excluding hydrogens is 144 g/mol. The van der Waals surface area contributed by atoms with Gasteiger partial charge in [0.05, 0.1) is 12.7 Å². The van der Waals surface area contributed by atoms with Crippen LogP contribution >= 0.6 is 11.6 Å². The molecule has 1 rings (SSSR count). The van der Waals surface area contributed by atoms with Crippen molar-refractivity contribution in [3.63, 3.8) is 0 Å². The van der Waals surface area contributed by atoms with Crippen LogP contribution in [-0.4, -0.2) is 34.6 Å². The van der Waals surface area contributed by atoms with E-state index in [-0.39, 0.29) is 6.61 Å². The van der Waals surface area contributed by atoms with E-state index in [1.165, 1.54) is 6.42 Å². The van der Waals surface area contributed by atoms with Crippen molar-refractivity contribution in [2.24, 2.45) is 0 Å². The van der Waals surface area contributed by atoms with Crippen molar-refractivity contribution in [3.8, 4) is 0 Å². The molecule has 0 aromatic carbocycles. The molecule has 1 unspecified atom stereocenters. The van der Waals surface area contributed by atoms with Crippen molar-refractivity contribution < 1.29 is 14.9 Å². The van der Waals surface area contributed by atoms with Crippen LogP contribution in [0.25, 0.3) is 0 Å². The Labute approximate surface area is 58.2 Å². The van der Waals surface area contributed by atoms with Crippen LogP contribution in [0, 0.1) is 6.42 Å². The zero-order chi connectivity index (χ0) is 6.85. The van der Waals surface area contributed by atoms with Gasteiger partial charge in [0, 0.05) is 6.42 Å². The van der Waals surface area contributed by atoms with Crippen LogP contribution < -0.4 is 0 Å². The van der Waals surface area contributed by atoms with E-state index in [1.54, 1.807) is 0 Å². The Morgan fingerprint density at radius 3 is 2.56 bits per heavy atom. The minimum absolute atomic E-state index is 0.194. The third kappa shape index (κ3) is 1.55. The summed E-state index contributed by atoms with van der Waals surface area (Å²) in [5.41, 5.74) is -0.558. The molecule has 1 saturated heterocycles. The van der Waals surface area contributed by atoms with Gasteiger partial charge < -0.3 is 14.9 Å². The van der Waals surface area contributed by atoms with Crippen molar-refractivity contribution in [3.05, 3.63) is 6.42 Å². The van der Waals surface area contributed by atoms with Crippen molar-refractivity contribution in [2.75, 3.05) is 6.61 Å². The summed E-state index contributed by atoms with van der Waals surface area (Å²) < 4.78 is 4.83. The van der Waals surface area contributed by atoms with Gasteiger partial charge in [-0.2, -0.15) is 0 Å². The normalized spacial score (nSPS) is 43.7. The molecule has 0 spiro atoms. The molecule has 0 aromatic rings. The second kappa shape index (κ2) is 2.84. The molecule has 0 amide bonds. The van der Waals surface area contributed by atoms with Gasteiger partial charge in [-0.1, -0.05) is 11.6 Å². The largest absolute Gasteiger partial charge is 0.394 e. The molecule has 0 saturated carbocycles. The molecule has 1 aliphatic rings. The van der Waals surface area contributed by atoms with E-state index in [1.807, 2.05) is 0 Å². The molecule has 4 heteroatoms. The predicted octanol–water partition coefficient (Wildman–Crippen LogP) is -0.492. The average Bonchev–Trinajstić information content (AvgIpc) is 2.10. The highest BCUT2D eigenvalue weighted by Crippen LogP contribution is 2.21. The van der Waals surface area contributed by atoms with Crippen molar-refractivity contribution in [1.29, 1.82) is 0 Å². The first-order chi connectivity index (χ1) is 4.24. The molecule has 1 aliphatic heterocycles. The van der Waals surface area contributed by atoms with Gasteiger partial charge in [0.1, 0.15) is 11.7 Å². The quantitative estimate of drug-likeness (QED) is 0.497. The standard InChI is InChI=1S/C5H8ClO3/c6-5-1-3(8)4(2-7)9-5/h1,3-5,7-8H,2H2/t3-,4+,5?/m0/s1. The Hall–Kier alpha value is 0.170. The maximum atomic E-state index is 8.93. The monoisotopic (exact) mass is 151 g/mol. The topological polar surface area (TPSA) is 49.7 Å². The number of hydrogen-bond acceptors (Lipinski definition) is 3. The molecule has 0 bridgehead atoms. The second-order valence-corrected chi connectivity index (χ2v) is 2.32. The Morgan fingerprint density at radius 1 is 1.67 bits per heavy atom. The molecule has 3 nitrogen and oxygen atoms in total. The molecule has 1 radical (unpaired) electrons. The maximum absolute atomic E-state index is 8.93. The molecule has 3 atom stereocenters. The summed E-state index contributed by atoms with van der Waals surface area (Å²) in [6.07, 6.45) is 0.174. The maximum Gasteiger partial charge on any atom is 0.137 e. The number of hydrogen-bond donors (Lipinski definition) is 2.